The summed E-state index contributed by atoms with van der Waals surface area (Å²) in [4.78, 5) is 14.9. The monoisotopic (exact) mass is 435 g/mol. The van der Waals surface area contributed by atoms with Crippen LogP contribution in [-0.2, 0) is 12.6 Å². The van der Waals surface area contributed by atoms with E-state index in [0.717, 1.165) is 17.0 Å². The molecule has 0 N–H and O–H groups in total. The summed E-state index contributed by atoms with van der Waals surface area (Å²) < 4.78 is 27.8. The lowest BCUT2D eigenvalue weighted by Gasteiger charge is -2.44. The van der Waals surface area contributed by atoms with Crippen LogP contribution >= 0.6 is 0 Å². The number of carbonyl (C=O) groups is 1. The van der Waals surface area contributed by atoms with E-state index in [1.165, 1.54) is 12.1 Å². The van der Waals surface area contributed by atoms with Crippen LogP contribution < -0.4 is 9.47 Å². The van der Waals surface area contributed by atoms with Gasteiger partial charge >= 0.3 is 0 Å². The summed E-state index contributed by atoms with van der Waals surface area (Å²) in [5.74, 6) is 1.08. The van der Waals surface area contributed by atoms with Gasteiger partial charge in [0.05, 0.1) is 6.10 Å². The fourth-order valence-corrected chi connectivity index (χ4v) is 4.64. The maximum Gasteiger partial charge on any atom is 0.253 e. The van der Waals surface area contributed by atoms with E-state index < -0.39 is 5.60 Å². The Hall–Kier alpha value is -3.35. The first-order valence-electron chi connectivity index (χ1n) is 10.9. The van der Waals surface area contributed by atoms with Crippen molar-refractivity contribution >= 4 is 5.91 Å². The van der Waals surface area contributed by atoms with Gasteiger partial charge in [0, 0.05) is 55.9 Å². The second-order valence-electron chi connectivity index (χ2n) is 8.79. The second kappa shape index (κ2) is 7.65. The average Bonchev–Trinajstić information content (AvgIpc) is 3.18. The van der Waals surface area contributed by atoms with Gasteiger partial charge in [0.25, 0.3) is 5.91 Å². The summed E-state index contributed by atoms with van der Waals surface area (Å²) in [6.45, 7) is 5.07. The van der Waals surface area contributed by atoms with Gasteiger partial charge in [-0.1, -0.05) is 0 Å². The molecule has 6 nitrogen and oxygen atoms in total. The number of hydrogen-bond donors (Lipinski definition) is 0. The van der Waals surface area contributed by atoms with Crippen LogP contribution in [0, 0.1) is 5.82 Å². The van der Waals surface area contributed by atoms with Crippen LogP contribution in [0.1, 0.15) is 42.6 Å². The summed E-state index contributed by atoms with van der Waals surface area (Å²) in [6, 6.07) is 11.8. The highest BCUT2D eigenvalue weighted by atomic mass is 19.1. The number of likely N-dealkylation sites (tertiary alicyclic amines) is 1. The standard InChI is InChI=1S/C25H26FN3O3/c1-16(2)31-19-7-4-17(5-8-19)24(30)29-12-10-25(11-13-29)21-15-28(3)27-23(21)20-14-18(26)6-9-22(20)32-25/h4-9,14-16H,10-13H2,1-3H3. The molecule has 3 aromatic rings. The number of aromatic nitrogens is 2. The van der Waals surface area contributed by atoms with E-state index in [1.807, 2.05) is 56.3 Å². The lowest BCUT2D eigenvalue weighted by Crippen LogP contribution is -2.49. The van der Waals surface area contributed by atoms with Crippen molar-refractivity contribution in [3.63, 3.8) is 0 Å². The highest BCUT2D eigenvalue weighted by molar-refractivity contribution is 5.94. The van der Waals surface area contributed by atoms with Crippen LogP contribution in [0.15, 0.2) is 48.7 Å². The average molecular weight is 435 g/mol. The van der Waals surface area contributed by atoms with Gasteiger partial charge < -0.3 is 14.4 Å². The summed E-state index contributed by atoms with van der Waals surface area (Å²) in [7, 11) is 1.86. The molecule has 0 bridgehead atoms. The Bertz CT molecular complexity index is 1160. The Labute approximate surface area is 186 Å². The molecule has 1 spiro atoms. The van der Waals surface area contributed by atoms with E-state index in [2.05, 4.69) is 5.10 Å². The first kappa shape index (κ1) is 20.5. The summed E-state index contributed by atoms with van der Waals surface area (Å²) >= 11 is 0. The number of rotatable bonds is 3. The molecule has 5 rings (SSSR count). The fraction of sp³-hybridized carbons (Fsp3) is 0.360. The third-order valence-electron chi connectivity index (χ3n) is 6.15. The molecular weight excluding hydrogens is 409 g/mol. The van der Waals surface area contributed by atoms with E-state index in [4.69, 9.17) is 9.47 Å². The van der Waals surface area contributed by atoms with Crippen LogP contribution in [0.25, 0.3) is 11.3 Å². The number of hydrogen-bond acceptors (Lipinski definition) is 4. The predicted octanol–water partition coefficient (Wildman–Crippen LogP) is 4.54. The van der Waals surface area contributed by atoms with E-state index in [-0.39, 0.29) is 17.8 Å². The van der Waals surface area contributed by atoms with Gasteiger partial charge in [0.15, 0.2) is 0 Å². The van der Waals surface area contributed by atoms with Gasteiger partial charge in [-0.15, -0.1) is 0 Å². The van der Waals surface area contributed by atoms with E-state index in [1.54, 1.807) is 10.7 Å². The molecule has 0 radical (unpaired) electrons. The number of ether oxygens (including phenoxy) is 2. The Morgan fingerprint density at radius 3 is 2.56 bits per heavy atom. The molecule has 1 fully saturated rings. The van der Waals surface area contributed by atoms with Gasteiger partial charge in [-0.2, -0.15) is 5.10 Å². The number of carbonyl (C=O) groups excluding carboxylic acids is 1. The van der Waals surface area contributed by atoms with E-state index >= 15 is 0 Å². The normalized spacial score (nSPS) is 16.5. The number of halogens is 1. The molecule has 1 aromatic heterocycles. The largest absolute Gasteiger partial charge is 0.491 e. The van der Waals surface area contributed by atoms with Gasteiger partial charge in [0.1, 0.15) is 28.6 Å². The molecule has 2 aromatic carbocycles. The molecule has 3 heterocycles. The van der Waals surface area contributed by atoms with E-state index in [0.29, 0.717) is 42.8 Å². The number of amides is 1. The molecule has 2 aliphatic heterocycles. The number of nitrogens with zero attached hydrogens (tertiary/aromatic N) is 3. The van der Waals surface area contributed by atoms with Crippen LogP contribution in [0.5, 0.6) is 11.5 Å². The maximum atomic E-state index is 13.9. The molecule has 1 amide bonds. The van der Waals surface area contributed by atoms with E-state index in [9.17, 15) is 9.18 Å². The number of piperidine rings is 1. The molecule has 7 heteroatoms. The highest BCUT2D eigenvalue weighted by Gasteiger charge is 2.46. The molecule has 0 saturated carbocycles. The fourth-order valence-electron chi connectivity index (χ4n) is 4.64. The summed E-state index contributed by atoms with van der Waals surface area (Å²) in [5.41, 5.74) is 2.47. The number of benzene rings is 2. The Kier molecular flexibility index (Phi) is 4.92. The van der Waals surface area contributed by atoms with Gasteiger partial charge in [0.2, 0.25) is 0 Å². The van der Waals surface area contributed by atoms with Crippen molar-refractivity contribution in [2.24, 2.45) is 7.05 Å². The third kappa shape index (κ3) is 3.51. The van der Waals surface area contributed by atoms with Crippen molar-refractivity contribution in [3.05, 3.63) is 65.6 Å². The van der Waals surface area contributed by atoms with Crippen LogP contribution in [-0.4, -0.2) is 39.8 Å². The molecule has 166 valence electrons. The minimum Gasteiger partial charge on any atom is -0.491 e. The quantitative estimate of drug-likeness (QED) is 0.606. The summed E-state index contributed by atoms with van der Waals surface area (Å²) in [5, 5.41) is 4.59. The Morgan fingerprint density at radius 1 is 1.16 bits per heavy atom. The smallest absolute Gasteiger partial charge is 0.253 e. The van der Waals surface area contributed by atoms with Crippen molar-refractivity contribution in [1.82, 2.24) is 14.7 Å². The minimum atomic E-state index is -0.569. The van der Waals surface area contributed by atoms with Crippen molar-refractivity contribution in [2.45, 2.75) is 38.4 Å². The van der Waals surface area contributed by atoms with Crippen LogP contribution in [0.4, 0.5) is 4.39 Å². The third-order valence-corrected chi connectivity index (χ3v) is 6.15. The second-order valence-corrected chi connectivity index (χ2v) is 8.79. The molecular formula is C25H26FN3O3. The van der Waals surface area contributed by atoms with Gasteiger partial charge in [-0.05, 0) is 56.3 Å². The Morgan fingerprint density at radius 2 is 1.88 bits per heavy atom. The van der Waals surface area contributed by atoms with Crippen molar-refractivity contribution in [1.29, 1.82) is 0 Å². The lowest BCUT2D eigenvalue weighted by atomic mass is 9.81. The zero-order chi connectivity index (χ0) is 22.5. The maximum absolute atomic E-state index is 13.9. The molecule has 0 aliphatic carbocycles. The predicted molar refractivity (Wildman–Crippen MR) is 118 cm³/mol. The summed E-state index contributed by atoms with van der Waals surface area (Å²) in [6.07, 6.45) is 3.32. The zero-order valence-electron chi connectivity index (χ0n) is 18.5. The first-order chi connectivity index (χ1) is 15.3. The lowest BCUT2D eigenvalue weighted by molar-refractivity contribution is -0.00172. The minimum absolute atomic E-state index is 0.000591. The SMILES string of the molecule is CC(C)Oc1ccc(C(=O)N2CCC3(CC2)Oc2ccc(F)cc2-c2nn(C)cc23)cc1. The number of fused-ring (bicyclic) bond motifs is 4. The van der Waals surface area contributed by atoms with Crippen LogP contribution in [0.2, 0.25) is 0 Å². The van der Waals surface area contributed by atoms with Gasteiger partial charge in [-0.25, -0.2) is 4.39 Å². The molecule has 32 heavy (non-hydrogen) atoms. The van der Waals surface area contributed by atoms with Crippen molar-refractivity contribution in [3.8, 4) is 22.8 Å². The Balaban J connectivity index is 1.36. The van der Waals surface area contributed by atoms with Crippen molar-refractivity contribution in [2.75, 3.05) is 13.1 Å². The van der Waals surface area contributed by atoms with Crippen molar-refractivity contribution < 1.29 is 18.7 Å². The molecule has 0 atom stereocenters. The molecule has 1 saturated heterocycles. The van der Waals surface area contributed by atoms with Crippen LogP contribution in [0.3, 0.4) is 0 Å². The van der Waals surface area contributed by atoms with Gasteiger partial charge in [-0.3, -0.25) is 9.48 Å². The molecule has 0 unspecified atom stereocenters. The zero-order valence-corrected chi connectivity index (χ0v) is 18.5. The number of aryl methyl sites for hydroxylation is 1. The topological polar surface area (TPSA) is 56.6 Å². The first-order valence-corrected chi connectivity index (χ1v) is 10.9. The highest BCUT2D eigenvalue weighted by Crippen LogP contribution is 2.49. The molecule has 2 aliphatic rings.